The zero-order chi connectivity index (χ0) is 17.8. The van der Waals surface area contributed by atoms with Gasteiger partial charge in [-0.1, -0.05) is 18.7 Å². The summed E-state index contributed by atoms with van der Waals surface area (Å²) in [6, 6.07) is 7.91. The number of methoxy groups -OCH3 is 1. The van der Waals surface area contributed by atoms with E-state index in [2.05, 4.69) is 17.6 Å². The highest BCUT2D eigenvalue weighted by molar-refractivity contribution is 5.80. The number of nitrogens with two attached hydrogens (primary N) is 1. The van der Waals surface area contributed by atoms with Gasteiger partial charge in [0.1, 0.15) is 24.1 Å². The van der Waals surface area contributed by atoms with Crippen molar-refractivity contribution in [1.29, 1.82) is 5.26 Å². The summed E-state index contributed by atoms with van der Waals surface area (Å²) in [5.74, 6) is 1.55. The first-order valence-corrected chi connectivity index (χ1v) is 8.33. The molecule has 5 nitrogen and oxygen atoms in total. The Balaban J connectivity index is 2.17. The van der Waals surface area contributed by atoms with Crippen molar-refractivity contribution < 1.29 is 9.47 Å². The summed E-state index contributed by atoms with van der Waals surface area (Å²) < 4.78 is 11.1. The number of aryl methyl sites for hydroxylation is 1. The molecule has 0 saturated heterocycles. The van der Waals surface area contributed by atoms with Gasteiger partial charge in [0.25, 0.3) is 0 Å². The zero-order valence-electron chi connectivity index (χ0n) is 14.3. The van der Waals surface area contributed by atoms with Gasteiger partial charge in [-0.15, -0.1) is 0 Å². The van der Waals surface area contributed by atoms with Crippen LogP contribution < -0.4 is 15.2 Å². The molecule has 128 valence electrons. The maximum absolute atomic E-state index is 9.62. The number of nitriles is 1. The fraction of sp³-hybridized carbons (Fsp3) is 0.300. The van der Waals surface area contributed by atoms with Crippen molar-refractivity contribution in [2.45, 2.75) is 25.7 Å². The third kappa shape index (κ3) is 3.16. The molecule has 5 heteroatoms. The van der Waals surface area contributed by atoms with Gasteiger partial charge in [0.15, 0.2) is 11.5 Å². The molecule has 2 aromatic rings. The highest BCUT2D eigenvalue weighted by Gasteiger charge is 2.22. The van der Waals surface area contributed by atoms with Crippen LogP contribution in [-0.2, 0) is 12.8 Å². The summed E-state index contributed by atoms with van der Waals surface area (Å²) in [5, 5.41) is 9.62. The minimum atomic E-state index is 0.295. The van der Waals surface area contributed by atoms with Crippen LogP contribution in [0, 0.1) is 11.3 Å². The van der Waals surface area contributed by atoms with Crippen molar-refractivity contribution >= 4 is 5.82 Å². The van der Waals surface area contributed by atoms with E-state index in [1.807, 2.05) is 18.2 Å². The van der Waals surface area contributed by atoms with Crippen molar-refractivity contribution in [2.75, 3.05) is 19.5 Å². The van der Waals surface area contributed by atoms with Crippen LogP contribution in [0.25, 0.3) is 11.1 Å². The van der Waals surface area contributed by atoms with Crippen LogP contribution in [0.5, 0.6) is 11.5 Å². The van der Waals surface area contributed by atoms with E-state index in [1.54, 1.807) is 13.2 Å². The maximum Gasteiger partial charge on any atom is 0.161 e. The minimum absolute atomic E-state index is 0.295. The van der Waals surface area contributed by atoms with Crippen LogP contribution >= 0.6 is 0 Å². The van der Waals surface area contributed by atoms with E-state index in [4.69, 9.17) is 15.2 Å². The maximum atomic E-state index is 9.62. The molecule has 0 fully saturated rings. The Kier molecular flexibility index (Phi) is 4.90. The molecule has 0 unspecified atom stereocenters. The summed E-state index contributed by atoms with van der Waals surface area (Å²) >= 11 is 0. The third-order valence-electron chi connectivity index (χ3n) is 4.42. The number of aromatic nitrogens is 1. The lowest BCUT2D eigenvalue weighted by Crippen LogP contribution is -2.12. The molecule has 0 atom stereocenters. The van der Waals surface area contributed by atoms with Crippen LogP contribution in [0.4, 0.5) is 5.82 Å². The fourth-order valence-corrected chi connectivity index (χ4v) is 3.29. The number of hydrogen-bond acceptors (Lipinski definition) is 5. The zero-order valence-corrected chi connectivity index (χ0v) is 14.3. The van der Waals surface area contributed by atoms with Crippen LogP contribution in [0.15, 0.2) is 30.9 Å². The molecule has 1 aliphatic carbocycles. The Hall–Kier alpha value is -3.00. The molecule has 0 saturated carbocycles. The lowest BCUT2D eigenvalue weighted by Gasteiger charge is -2.21. The number of rotatable bonds is 5. The Morgan fingerprint density at radius 2 is 2.12 bits per heavy atom. The highest BCUT2D eigenvalue weighted by Crippen LogP contribution is 2.39. The van der Waals surface area contributed by atoms with Gasteiger partial charge in [0.05, 0.1) is 7.11 Å². The lowest BCUT2D eigenvalue weighted by molar-refractivity contribution is 0.326. The van der Waals surface area contributed by atoms with Gasteiger partial charge in [-0.05, 0) is 48.9 Å². The number of ether oxygens (including phenoxy) is 2. The number of fused-ring (bicyclic) bond motifs is 1. The smallest absolute Gasteiger partial charge is 0.161 e. The van der Waals surface area contributed by atoms with E-state index in [9.17, 15) is 5.26 Å². The predicted octanol–water partition coefficient (Wildman–Crippen LogP) is 3.65. The largest absolute Gasteiger partial charge is 0.493 e. The second kappa shape index (κ2) is 7.27. The molecule has 0 aliphatic heterocycles. The van der Waals surface area contributed by atoms with Gasteiger partial charge in [0, 0.05) is 11.3 Å². The van der Waals surface area contributed by atoms with E-state index in [0.717, 1.165) is 48.1 Å². The molecule has 0 bridgehead atoms. The lowest BCUT2D eigenvalue weighted by atomic mass is 9.86. The van der Waals surface area contributed by atoms with Crippen molar-refractivity contribution in [3.63, 3.8) is 0 Å². The van der Waals surface area contributed by atoms with Gasteiger partial charge >= 0.3 is 0 Å². The second-order valence-electron chi connectivity index (χ2n) is 5.96. The predicted molar refractivity (Wildman–Crippen MR) is 97.7 cm³/mol. The molecule has 25 heavy (non-hydrogen) atoms. The molecular weight excluding hydrogens is 314 g/mol. The molecule has 1 aromatic heterocycles. The van der Waals surface area contributed by atoms with E-state index in [1.165, 1.54) is 0 Å². The second-order valence-corrected chi connectivity index (χ2v) is 5.96. The number of nitrogen functional groups attached to an aromatic ring is 1. The molecular formula is C20H21N3O2. The molecule has 0 spiro atoms. The van der Waals surface area contributed by atoms with E-state index in [0.29, 0.717) is 29.5 Å². The summed E-state index contributed by atoms with van der Waals surface area (Å²) in [4.78, 5) is 4.46. The third-order valence-corrected chi connectivity index (χ3v) is 4.42. The molecule has 2 N–H and O–H groups in total. The van der Waals surface area contributed by atoms with Crippen molar-refractivity contribution in [3.8, 4) is 28.7 Å². The first-order valence-electron chi connectivity index (χ1n) is 8.33. The van der Waals surface area contributed by atoms with Gasteiger partial charge in [-0.2, -0.15) is 5.26 Å². The minimum Gasteiger partial charge on any atom is -0.493 e. The molecule has 3 rings (SSSR count). The number of benzene rings is 1. The van der Waals surface area contributed by atoms with Crippen LogP contribution in [0.2, 0.25) is 0 Å². The first-order chi connectivity index (χ1) is 12.2. The number of hydrogen-bond donors (Lipinski definition) is 1. The summed E-state index contributed by atoms with van der Waals surface area (Å²) in [6.45, 7) is 4.05. The van der Waals surface area contributed by atoms with Gasteiger partial charge in [-0.25, -0.2) is 4.98 Å². The number of anilines is 1. The van der Waals surface area contributed by atoms with Gasteiger partial charge < -0.3 is 15.2 Å². The molecule has 1 heterocycles. The SMILES string of the molecule is C=CCOc1ccc(-c2c(C#N)c(N)nc3c2CCCC3)cc1OC. The Morgan fingerprint density at radius 3 is 2.84 bits per heavy atom. The van der Waals surface area contributed by atoms with Crippen LogP contribution in [0.1, 0.15) is 29.7 Å². The Morgan fingerprint density at radius 1 is 1.32 bits per heavy atom. The van der Waals surface area contributed by atoms with Crippen molar-refractivity contribution in [1.82, 2.24) is 4.98 Å². The summed E-state index contributed by atoms with van der Waals surface area (Å²) in [5.41, 5.74) is 10.4. The Bertz CT molecular complexity index is 853. The first kappa shape index (κ1) is 16.8. The average molecular weight is 335 g/mol. The van der Waals surface area contributed by atoms with Gasteiger partial charge in [0.2, 0.25) is 0 Å². The van der Waals surface area contributed by atoms with E-state index < -0.39 is 0 Å². The summed E-state index contributed by atoms with van der Waals surface area (Å²) in [6.07, 6.45) is 5.68. The number of pyridine rings is 1. The Labute approximate surface area is 147 Å². The fourth-order valence-electron chi connectivity index (χ4n) is 3.29. The van der Waals surface area contributed by atoms with Crippen LogP contribution in [0.3, 0.4) is 0 Å². The van der Waals surface area contributed by atoms with E-state index in [-0.39, 0.29) is 0 Å². The van der Waals surface area contributed by atoms with Gasteiger partial charge in [-0.3, -0.25) is 0 Å². The van der Waals surface area contributed by atoms with Crippen molar-refractivity contribution in [3.05, 3.63) is 47.7 Å². The molecule has 0 amide bonds. The standard InChI is InChI=1S/C20H21N3O2/c1-3-10-25-17-9-8-13(11-18(17)24-2)19-14-6-4-5-7-16(14)23-20(22)15(19)12-21/h3,8-9,11H,1,4-7,10H2,2H3,(H2,22,23). The van der Waals surface area contributed by atoms with E-state index >= 15 is 0 Å². The molecule has 1 aliphatic rings. The average Bonchev–Trinajstić information content (AvgIpc) is 2.65. The topological polar surface area (TPSA) is 81.2 Å². The molecule has 0 radical (unpaired) electrons. The van der Waals surface area contributed by atoms with Crippen molar-refractivity contribution in [2.24, 2.45) is 0 Å². The monoisotopic (exact) mass is 335 g/mol. The normalized spacial score (nSPS) is 12.8. The quantitative estimate of drug-likeness (QED) is 0.843. The highest BCUT2D eigenvalue weighted by atomic mass is 16.5. The van der Waals surface area contributed by atoms with Crippen LogP contribution in [-0.4, -0.2) is 18.7 Å². The number of nitrogens with zero attached hydrogens (tertiary/aromatic N) is 2. The molecule has 1 aromatic carbocycles. The summed E-state index contributed by atoms with van der Waals surface area (Å²) in [7, 11) is 1.60.